The van der Waals surface area contributed by atoms with Gasteiger partial charge >= 0.3 is 5.97 Å². The summed E-state index contributed by atoms with van der Waals surface area (Å²) in [7, 11) is 0. The molecule has 2 N–H and O–H groups in total. The van der Waals surface area contributed by atoms with Crippen molar-refractivity contribution in [3.05, 3.63) is 75.8 Å². The second kappa shape index (κ2) is 7.68. The van der Waals surface area contributed by atoms with Crippen molar-refractivity contribution in [2.75, 3.05) is 0 Å². The lowest BCUT2D eigenvalue weighted by molar-refractivity contribution is -0.139. The van der Waals surface area contributed by atoms with E-state index in [4.69, 9.17) is 11.6 Å². The quantitative estimate of drug-likeness (QED) is 0.684. The van der Waals surface area contributed by atoms with E-state index in [1.165, 1.54) is 11.3 Å². The van der Waals surface area contributed by atoms with Crippen LogP contribution in [0.3, 0.4) is 0 Å². The Kier molecular flexibility index (Phi) is 5.35. The van der Waals surface area contributed by atoms with Crippen LogP contribution in [0.25, 0.3) is 10.6 Å². The molecule has 5 nitrogen and oxygen atoms in total. The highest BCUT2D eigenvalue weighted by molar-refractivity contribution is 7.17. The number of benzene rings is 2. The van der Waals surface area contributed by atoms with Crippen LogP contribution in [0, 0.1) is 6.92 Å². The Bertz CT molecular complexity index is 956. The number of nitrogens with zero attached hydrogens (tertiary/aromatic N) is 1. The van der Waals surface area contributed by atoms with Gasteiger partial charge in [-0.1, -0.05) is 60.1 Å². The van der Waals surface area contributed by atoms with E-state index in [-0.39, 0.29) is 0 Å². The topological polar surface area (TPSA) is 79.3 Å². The number of aryl methyl sites for hydroxylation is 1. The molecule has 0 aliphatic rings. The SMILES string of the molecule is Cc1nc(-c2ccccc2Cl)sc1C(=O)NC(C(=O)O)c1ccccc1. The van der Waals surface area contributed by atoms with Crippen LogP contribution < -0.4 is 5.32 Å². The molecule has 1 atom stereocenters. The first kappa shape index (κ1) is 18.1. The van der Waals surface area contributed by atoms with Crippen molar-refractivity contribution >= 4 is 34.8 Å². The second-order valence-corrected chi connectivity index (χ2v) is 6.98. The Labute approximate surface area is 159 Å². The van der Waals surface area contributed by atoms with Gasteiger partial charge in [0.2, 0.25) is 0 Å². The third kappa shape index (κ3) is 3.76. The van der Waals surface area contributed by atoms with Gasteiger partial charge in [0.25, 0.3) is 5.91 Å². The van der Waals surface area contributed by atoms with Gasteiger partial charge in [0.15, 0.2) is 6.04 Å². The maximum absolute atomic E-state index is 12.6. The molecule has 0 fully saturated rings. The predicted octanol–water partition coefficient (Wildman–Crippen LogP) is 4.33. The molecular formula is C19H15ClN2O3S. The minimum absolute atomic E-state index is 0.363. The van der Waals surface area contributed by atoms with Gasteiger partial charge in [-0.05, 0) is 18.6 Å². The van der Waals surface area contributed by atoms with Crippen LogP contribution in [-0.2, 0) is 4.79 Å². The Hall–Kier alpha value is -2.70. The molecule has 0 aliphatic heterocycles. The van der Waals surface area contributed by atoms with Gasteiger partial charge in [0.05, 0.1) is 10.7 Å². The van der Waals surface area contributed by atoms with E-state index in [9.17, 15) is 14.7 Å². The lowest BCUT2D eigenvalue weighted by atomic mass is 10.1. The van der Waals surface area contributed by atoms with Gasteiger partial charge in [-0.2, -0.15) is 0 Å². The Morgan fingerprint density at radius 1 is 1.12 bits per heavy atom. The molecule has 1 heterocycles. The Morgan fingerprint density at radius 3 is 2.42 bits per heavy atom. The van der Waals surface area contributed by atoms with Crippen molar-refractivity contribution in [3.63, 3.8) is 0 Å². The Balaban J connectivity index is 1.88. The standard InChI is InChI=1S/C19H15ClN2O3S/c1-11-16(26-18(21-11)13-9-5-6-10-14(13)20)17(23)22-15(19(24)25)12-7-3-2-4-8-12/h2-10,15H,1H3,(H,22,23)(H,24,25). The number of rotatable bonds is 5. The first-order valence-corrected chi connectivity index (χ1v) is 8.97. The number of carboxylic acids is 1. The highest BCUT2D eigenvalue weighted by atomic mass is 35.5. The lowest BCUT2D eigenvalue weighted by Crippen LogP contribution is -2.33. The fourth-order valence-electron chi connectivity index (χ4n) is 2.49. The summed E-state index contributed by atoms with van der Waals surface area (Å²) in [4.78, 5) is 29.0. The molecule has 1 amide bonds. The zero-order valence-corrected chi connectivity index (χ0v) is 15.3. The highest BCUT2D eigenvalue weighted by Crippen LogP contribution is 2.33. The first-order chi connectivity index (χ1) is 12.5. The number of amides is 1. The van der Waals surface area contributed by atoms with Gasteiger partial charge < -0.3 is 10.4 Å². The van der Waals surface area contributed by atoms with Gasteiger partial charge in [-0.15, -0.1) is 11.3 Å². The summed E-state index contributed by atoms with van der Waals surface area (Å²) in [6, 6.07) is 14.7. The molecule has 7 heteroatoms. The average Bonchev–Trinajstić information content (AvgIpc) is 3.02. The summed E-state index contributed by atoms with van der Waals surface area (Å²) in [5.74, 6) is -1.60. The van der Waals surface area contributed by atoms with E-state index in [1.807, 2.05) is 18.2 Å². The number of halogens is 1. The number of aliphatic carboxylic acids is 1. The summed E-state index contributed by atoms with van der Waals surface area (Å²) in [6.45, 7) is 1.71. The number of thiazole rings is 1. The molecule has 1 aromatic heterocycles. The first-order valence-electron chi connectivity index (χ1n) is 7.78. The number of nitrogens with one attached hydrogen (secondary N) is 1. The fourth-order valence-corrected chi connectivity index (χ4v) is 3.78. The monoisotopic (exact) mass is 386 g/mol. The van der Waals surface area contributed by atoms with Gasteiger partial charge in [0, 0.05) is 5.56 Å². The van der Waals surface area contributed by atoms with Crippen molar-refractivity contribution in [2.24, 2.45) is 0 Å². The normalized spacial score (nSPS) is 11.8. The van der Waals surface area contributed by atoms with Crippen LogP contribution in [-0.4, -0.2) is 22.0 Å². The third-order valence-electron chi connectivity index (χ3n) is 3.76. The van der Waals surface area contributed by atoms with Crippen molar-refractivity contribution < 1.29 is 14.7 Å². The van der Waals surface area contributed by atoms with Crippen LogP contribution in [0.2, 0.25) is 5.02 Å². The second-order valence-electron chi connectivity index (χ2n) is 5.57. The van der Waals surface area contributed by atoms with Crippen LogP contribution in [0.4, 0.5) is 0 Å². The summed E-state index contributed by atoms with van der Waals surface area (Å²) in [5, 5.41) is 13.2. The molecule has 1 unspecified atom stereocenters. The van der Waals surface area contributed by atoms with E-state index in [1.54, 1.807) is 43.3 Å². The van der Waals surface area contributed by atoms with Crippen molar-refractivity contribution in [1.29, 1.82) is 0 Å². The summed E-state index contributed by atoms with van der Waals surface area (Å²) in [6.07, 6.45) is 0. The zero-order chi connectivity index (χ0) is 18.7. The maximum Gasteiger partial charge on any atom is 0.330 e. The van der Waals surface area contributed by atoms with Crippen molar-refractivity contribution in [2.45, 2.75) is 13.0 Å². The molecule has 2 aromatic carbocycles. The van der Waals surface area contributed by atoms with Gasteiger partial charge in [-0.25, -0.2) is 9.78 Å². The largest absolute Gasteiger partial charge is 0.479 e. The van der Waals surface area contributed by atoms with Crippen LogP contribution in [0.5, 0.6) is 0 Å². The van der Waals surface area contributed by atoms with Crippen LogP contribution >= 0.6 is 22.9 Å². The predicted molar refractivity (Wildman–Crippen MR) is 102 cm³/mol. The number of hydrogen-bond acceptors (Lipinski definition) is 4. The lowest BCUT2D eigenvalue weighted by Gasteiger charge is -2.14. The molecule has 3 rings (SSSR count). The molecule has 132 valence electrons. The van der Waals surface area contributed by atoms with Crippen molar-refractivity contribution in [1.82, 2.24) is 10.3 Å². The number of carbonyl (C=O) groups excluding carboxylic acids is 1. The number of carbonyl (C=O) groups is 2. The minimum atomic E-state index is -1.13. The summed E-state index contributed by atoms with van der Waals surface area (Å²) < 4.78 is 0. The van der Waals surface area contributed by atoms with E-state index in [0.29, 0.717) is 26.2 Å². The smallest absolute Gasteiger partial charge is 0.330 e. The summed E-state index contributed by atoms with van der Waals surface area (Å²) in [5.41, 5.74) is 1.76. The van der Waals surface area contributed by atoms with Crippen molar-refractivity contribution in [3.8, 4) is 10.6 Å². The Morgan fingerprint density at radius 2 is 1.77 bits per heavy atom. The molecule has 26 heavy (non-hydrogen) atoms. The third-order valence-corrected chi connectivity index (χ3v) is 5.28. The van der Waals surface area contributed by atoms with E-state index >= 15 is 0 Å². The van der Waals surface area contributed by atoms with Gasteiger partial charge in [-0.3, -0.25) is 4.79 Å². The number of carboxylic acid groups (broad SMARTS) is 1. The maximum atomic E-state index is 12.6. The molecule has 0 spiro atoms. The highest BCUT2D eigenvalue weighted by Gasteiger charge is 2.25. The van der Waals surface area contributed by atoms with E-state index < -0.39 is 17.9 Å². The zero-order valence-electron chi connectivity index (χ0n) is 13.8. The summed E-state index contributed by atoms with van der Waals surface area (Å²) >= 11 is 7.38. The van der Waals surface area contributed by atoms with Gasteiger partial charge in [0.1, 0.15) is 9.88 Å². The van der Waals surface area contributed by atoms with Crippen LogP contribution in [0.15, 0.2) is 54.6 Å². The molecule has 0 bridgehead atoms. The van der Waals surface area contributed by atoms with Crippen LogP contribution in [0.1, 0.15) is 27.0 Å². The minimum Gasteiger partial charge on any atom is -0.479 e. The fraction of sp³-hybridized carbons (Fsp3) is 0.105. The molecular weight excluding hydrogens is 372 g/mol. The molecule has 3 aromatic rings. The number of aromatic nitrogens is 1. The average molecular weight is 387 g/mol. The molecule has 0 radical (unpaired) electrons. The molecule has 0 saturated carbocycles. The van der Waals surface area contributed by atoms with E-state index in [2.05, 4.69) is 10.3 Å². The molecule has 0 saturated heterocycles. The molecule has 0 aliphatic carbocycles. The van der Waals surface area contributed by atoms with E-state index in [0.717, 1.165) is 5.56 Å². The number of hydrogen-bond donors (Lipinski definition) is 2.